The lowest BCUT2D eigenvalue weighted by Crippen LogP contribution is -2.31. The Hall–Kier alpha value is -0.0800. The van der Waals surface area contributed by atoms with Gasteiger partial charge in [0.25, 0.3) is 0 Å². The average molecular weight is 238 g/mol. The smallest absolute Gasteiger partial charge is 0.00670 e. The number of nitrogens with zero attached hydrogens (tertiary/aromatic N) is 1. The summed E-state index contributed by atoms with van der Waals surface area (Å²) < 4.78 is 0. The minimum absolute atomic E-state index is 0.843. The van der Waals surface area contributed by atoms with E-state index in [2.05, 4.69) is 17.3 Å². The van der Waals surface area contributed by atoms with Crippen molar-refractivity contribution in [3.05, 3.63) is 0 Å². The molecule has 0 aromatic rings. The lowest BCUT2D eigenvalue weighted by atomic mass is 10.1. The largest absolute Gasteiger partial charge is 0.314 e. The highest BCUT2D eigenvalue weighted by atomic mass is 15.1. The van der Waals surface area contributed by atoms with Crippen molar-refractivity contribution in [1.82, 2.24) is 10.2 Å². The third-order valence-electron chi connectivity index (χ3n) is 4.55. The molecule has 2 fully saturated rings. The molecule has 2 saturated carbocycles. The van der Waals surface area contributed by atoms with Crippen LogP contribution in [0.2, 0.25) is 0 Å². The first-order valence-corrected chi connectivity index (χ1v) is 7.76. The van der Waals surface area contributed by atoms with Crippen LogP contribution in [0.15, 0.2) is 0 Å². The second-order valence-corrected chi connectivity index (χ2v) is 6.20. The van der Waals surface area contributed by atoms with Crippen molar-refractivity contribution in [3.63, 3.8) is 0 Å². The van der Waals surface area contributed by atoms with Crippen molar-refractivity contribution in [2.75, 3.05) is 26.7 Å². The molecule has 2 aliphatic rings. The van der Waals surface area contributed by atoms with Gasteiger partial charge in [-0.3, -0.25) is 0 Å². The molecule has 0 spiro atoms. The summed E-state index contributed by atoms with van der Waals surface area (Å²) in [5.41, 5.74) is 0. The van der Waals surface area contributed by atoms with Crippen LogP contribution in [0, 0.1) is 5.92 Å². The molecule has 2 nitrogen and oxygen atoms in total. The Labute approximate surface area is 107 Å². The van der Waals surface area contributed by atoms with Gasteiger partial charge in [0.1, 0.15) is 0 Å². The van der Waals surface area contributed by atoms with Gasteiger partial charge in [0.2, 0.25) is 0 Å². The molecule has 0 aromatic carbocycles. The summed E-state index contributed by atoms with van der Waals surface area (Å²) in [5, 5.41) is 3.70. The van der Waals surface area contributed by atoms with Crippen molar-refractivity contribution in [2.24, 2.45) is 5.92 Å². The molecule has 0 saturated heterocycles. The first-order chi connectivity index (χ1) is 8.34. The molecule has 0 aromatic heterocycles. The van der Waals surface area contributed by atoms with Crippen LogP contribution in [-0.2, 0) is 0 Å². The van der Waals surface area contributed by atoms with Crippen molar-refractivity contribution < 1.29 is 0 Å². The summed E-state index contributed by atoms with van der Waals surface area (Å²) in [6.45, 7) is 3.83. The molecule has 0 unspecified atom stereocenters. The number of hydrogen-bond acceptors (Lipinski definition) is 2. The molecule has 100 valence electrons. The molecule has 1 N–H and O–H groups in total. The third kappa shape index (κ3) is 4.97. The molecular formula is C15H30N2. The van der Waals surface area contributed by atoms with Crippen LogP contribution in [0.1, 0.15) is 57.8 Å². The SMILES string of the molecule is CN(CCCNC1CCCC1)CC1CCCC1. The van der Waals surface area contributed by atoms with Crippen molar-refractivity contribution >= 4 is 0 Å². The molecule has 0 radical (unpaired) electrons. The fourth-order valence-corrected chi connectivity index (χ4v) is 3.51. The molecule has 0 amide bonds. The fourth-order valence-electron chi connectivity index (χ4n) is 3.51. The van der Waals surface area contributed by atoms with Crippen LogP contribution in [0.3, 0.4) is 0 Å². The normalized spacial score (nSPS) is 22.9. The van der Waals surface area contributed by atoms with Crippen LogP contribution < -0.4 is 5.32 Å². The van der Waals surface area contributed by atoms with Gasteiger partial charge in [0.15, 0.2) is 0 Å². The van der Waals surface area contributed by atoms with Gasteiger partial charge in [-0.2, -0.15) is 0 Å². The molecule has 2 aliphatic carbocycles. The van der Waals surface area contributed by atoms with E-state index >= 15 is 0 Å². The molecule has 17 heavy (non-hydrogen) atoms. The Bertz CT molecular complexity index is 193. The molecule has 0 bridgehead atoms. The minimum atomic E-state index is 0.843. The maximum absolute atomic E-state index is 3.70. The van der Waals surface area contributed by atoms with E-state index in [9.17, 15) is 0 Å². The van der Waals surface area contributed by atoms with E-state index in [1.807, 2.05) is 0 Å². The van der Waals surface area contributed by atoms with Gasteiger partial charge in [0.05, 0.1) is 0 Å². The molecule has 2 heteroatoms. The third-order valence-corrected chi connectivity index (χ3v) is 4.55. The predicted molar refractivity (Wildman–Crippen MR) is 74.3 cm³/mol. The standard InChI is InChI=1S/C15H30N2/c1-17(13-14-7-2-3-8-14)12-6-11-16-15-9-4-5-10-15/h14-16H,2-13H2,1H3. The van der Waals surface area contributed by atoms with E-state index in [4.69, 9.17) is 0 Å². The first-order valence-electron chi connectivity index (χ1n) is 7.76. The first kappa shape index (κ1) is 13.4. The highest BCUT2D eigenvalue weighted by molar-refractivity contribution is 4.74. The molecular weight excluding hydrogens is 208 g/mol. The van der Waals surface area contributed by atoms with Gasteiger partial charge in [-0.1, -0.05) is 25.7 Å². The predicted octanol–water partition coefficient (Wildman–Crippen LogP) is 3.03. The molecule has 0 atom stereocenters. The maximum Gasteiger partial charge on any atom is 0.00670 e. The average Bonchev–Trinajstić information content (AvgIpc) is 2.96. The fraction of sp³-hybridized carbons (Fsp3) is 1.00. The zero-order valence-corrected chi connectivity index (χ0v) is 11.6. The molecule has 0 heterocycles. The Morgan fingerprint density at radius 2 is 1.65 bits per heavy atom. The number of nitrogens with one attached hydrogen (secondary N) is 1. The summed E-state index contributed by atoms with van der Waals surface area (Å²) >= 11 is 0. The summed E-state index contributed by atoms with van der Waals surface area (Å²) in [7, 11) is 2.30. The van der Waals surface area contributed by atoms with Gasteiger partial charge in [-0.15, -0.1) is 0 Å². The van der Waals surface area contributed by atoms with E-state index in [0.717, 1.165) is 12.0 Å². The minimum Gasteiger partial charge on any atom is -0.314 e. The highest BCUT2D eigenvalue weighted by Gasteiger charge is 2.17. The summed E-state index contributed by atoms with van der Waals surface area (Å²) in [5.74, 6) is 1.00. The van der Waals surface area contributed by atoms with E-state index in [0.29, 0.717) is 0 Å². The van der Waals surface area contributed by atoms with Crippen molar-refractivity contribution in [1.29, 1.82) is 0 Å². The van der Waals surface area contributed by atoms with Crippen LogP contribution in [0.25, 0.3) is 0 Å². The topological polar surface area (TPSA) is 15.3 Å². The Morgan fingerprint density at radius 1 is 1.00 bits per heavy atom. The summed E-state index contributed by atoms with van der Waals surface area (Å²) in [4.78, 5) is 2.55. The van der Waals surface area contributed by atoms with Crippen LogP contribution >= 0.6 is 0 Å². The highest BCUT2D eigenvalue weighted by Crippen LogP contribution is 2.25. The Kier molecular flexibility index (Phi) is 5.79. The summed E-state index contributed by atoms with van der Waals surface area (Å²) in [6, 6.07) is 0.843. The summed E-state index contributed by atoms with van der Waals surface area (Å²) in [6.07, 6.45) is 12.9. The van der Waals surface area contributed by atoms with E-state index < -0.39 is 0 Å². The van der Waals surface area contributed by atoms with E-state index in [1.165, 1.54) is 77.4 Å². The van der Waals surface area contributed by atoms with Crippen molar-refractivity contribution in [3.8, 4) is 0 Å². The van der Waals surface area contributed by atoms with Gasteiger partial charge >= 0.3 is 0 Å². The second-order valence-electron chi connectivity index (χ2n) is 6.20. The zero-order chi connectivity index (χ0) is 11.9. The van der Waals surface area contributed by atoms with Gasteiger partial charge < -0.3 is 10.2 Å². The Morgan fingerprint density at radius 3 is 2.35 bits per heavy atom. The monoisotopic (exact) mass is 238 g/mol. The quantitative estimate of drug-likeness (QED) is 0.686. The van der Waals surface area contributed by atoms with Gasteiger partial charge in [-0.25, -0.2) is 0 Å². The number of rotatable bonds is 7. The maximum atomic E-state index is 3.70. The van der Waals surface area contributed by atoms with Gasteiger partial charge in [0, 0.05) is 12.6 Å². The van der Waals surface area contributed by atoms with E-state index in [1.54, 1.807) is 0 Å². The van der Waals surface area contributed by atoms with Crippen molar-refractivity contribution in [2.45, 2.75) is 63.8 Å². The van der Waals surface area contributed by atoms with Gasteiger partial charge in [-0.05, 0) is 58.2 Å². The van der Waals surface area contributed by atoms with Crippen LogP contribution in [0.4, 0.5) is 0 Å². The number of hydrogen-bond donors (Lipinski definition) is 1. The van der Waals surface area contributed by atoms with E-state index in [-0.39, 0.29) is 0 Å². The Balaban J connectivity index is 1.46. The second kappa shape index (κ2) is 7.38. The lowest BCUT2D eigenvalue weighted by molar-refractivity contribution is 0.272. The molecule has 0 aliphatic heterocycles. The van der Waals surface area contributed by atoms with Crippen LogP contribution in [0.5, 0.6) is 0 Å². The van der Waals surface area contributed by atoms with Crippen LogP contribution in [-0.4, -0.2) is 37.6 Å². The molecule has 2 rings (SSSR count). The lowest BCUT2D eigenvalue weighted by Gasteiger charge is -2.21. The zero-order valence-electron chi connectivity index (χ0n) is 11.6.